The van der Waals surface area contributed by atoms with E-state index >= 15 is 0 Å². The molecule has 2 aliphatic rings. The first-order valence-corrected chi connectivity index (χ1v) is 15.1. The third-order valence-electron chi connectivity index (χ3n) is 6.52. The van der Waals surface area contributed by atoms with Gasteiger partial charge in [-0.2, -0.15) is 4.31 Å². The van der Waals surface area contributed by atoms with Crippen LogP contribution in [0.25, 0.3) is 0 Å². The molecule has 0 saturated carbocycles. The number of benzene rings is 2. The van der Waals surface area contributed by atoms with Gasteiger partial charge >= 0.3 is 0 Å². The van der Waals surface area contributed by atoms with E-state index in [2.05, 4.69) is 36.7 Å². The molecule has 0 bridgehead atoms. The van der Waals surface area contributed by atoms with Crippen LogP contribution in [0.5, 0.6) is 5.75 Å². The number of amides is 2. The molecule has 212 valence electrons. The van der Waals surface area contributed by atoms with Gasteiger partial charge in [0.25, 0.3) is 0 Å². The molecule has 2 heterocycles. The van der Waals surface area contributed by atoms with Crippen molar-refractivity contribution < 1.29 is 22.7 Å². The molecular weight excluding hydrogens is 587 g/mol. The van der Waals surface area contributed by atoms with Gasteiger partial charge in [0.15, 0.2) is 0 Å². The highest BCUT2D eigenvalue weighted by Gasteiger charge is 2.40. The van der Waals surface area contributed by atoms with Gasteiger partial charge in [-0.25, -0.2) is 8.42 Å². The van der Waals surface area contributed by atoms with Gasteiger partial charge in [0.05, 0.1) is 34.0 Å². The zero-order chi connectivity index (χ0) is 28.5. The predicted molar refractivity (Wildman–Crippen MR) is 151 cm³/mol. The summed E-state index contributed by atoms with van der Waals surface area (Å²) in [6, 6.07) is 5.95. The minimum Gasteiger partial charge on any atom is -0.493 e. The van der Waals surface area contributed by atoms with Crippen LogP contribution < -0.4 is 20.7 Å². The Hall–Kier alpha value is -2.08. The van der Waals surface area contributed by atoms with E-state index in [0.29, 0.717) is 30.3 Å². The van der Waals surface area contributed by atoms with Crippen LogP contribution in [0, 0.1) is 0 Å². The number of fused-ring (bicyclic) bond motifs is 1. The van der Waals surface area contributed by atoms with Crippen molar-refractivity contribution >= 4 is 56.6 Å². The molecule has 2 aromatic carbocycles. The summed E-state index contributed by atoms with van der Waals surface area (Å²) in [5.74, 6) is -0.397. The number of nitrogens with zero attached hydrogens (tertiary/aromatic N) is 1. The molecule has 4 rings (SSSR count). The summed E-state index contributed by atoms with van der Waals surface area (Å²) in [7, 11) is -4.13. The van der Waals surface area contributed by atoms with Crippen LogP contribution in [-0.2, 0) is 26.2 Å². The summed E-state index contributed by atoms with van der Waals surface area (Å²) in [6.45, 7) is 7.24. The smallest absolute Gasteiger partial charge is 0.243 e. The Bertz CT molecular complexity index is 1380. The van der Waals surface area contributed by atoms with Crippen molar-refractivity contribution in [1.82, 2.24) is 20.3 Å². The minimum atomic E-state index is -4.13. The van der Waals surface area contributed by atoms with Gasteiger partial charge in [0, 0.05) is 42.2 Å². The van der Waals surface area contributed by atoms with E-state index in [1.54, 1.807) is 6.07 Å². The first-order valence-electron chi connectivity index (χ1n) is 12.5. The molecule has 2 amide bonds. The standard InChI is InChI=1S/C26H31Cl3N4O5S/c1-26(2,3)31-14-15-10-23-17(12-19(15)28)21(6-9-38-23)32-24(34)13-22-25(35)30-7-8-33(22)39(36,37)16-4-5-18(27)20(29)11-16/h4-5,10-12,21-22,31H,6-9,13-14H2,1-3H3,(H,30,35)(H,32,34)/t21-,22+/m1/s1. The van der Waals surface area contributed by atoms with Gasteiger partial charge in [0.2, 0.25) is 21.8 Å². The molecule has 2 atom stereocenters. The number of hydrogen-bond donors (Lipinski definition) is 3. The average Bonchev–Trinajstić information content (AvgIpc) is 2.85. The quantitative estimate of drug-likeness (QED) is 0.432. The Balaban J connectivity index is 1.51. The zero-order valence-corrected chi connectivity index (χ0v) is 24.9. The summed E-state index contributed by atoms with van der Waals surface area (Å²) in [6.07, 6.45) is 0.136. The lowest BCUT2D eigenvalue weighted by atomic mass is 9.97. The lowest BCUT2D eigenvalue weighted by Gasteiger charge is -2.34. The molecule has 0 aromatic heterocycles. The number of nitrogens with one attached hydrogen (secondary N) is 3. The van der Waals surface area contributed by atoms with Gasteiger partial charge in [-0.05, 0) is 56.7 Å². The van der Waals surface area contributed by atoms with Gasteiger partial charge in [-0.15, -0.1) is 0 Å². The summed E-state index contributed by atoms with van der Waals surface area (Å²) >= 11 is 18.5. The first-order chi connectivity index (χ1) is 18.3. The molecule has 2 aliphatic heterocycles. The zero-order valence-electron chi connectivity index (χ0n) is 21.8. The van der Waals surface area contributed by atoms with E-state index in [9.17, 15) is 18.0 Å². The Kier molecular flexibility index (Phi) is 9.05. The van der Waals surface area contributed by atoms with Crippen molar-refractivity contribution in [2.45, 2.75) is 62.7 Å². The number of carbonyl (C=O) groups is 2. The fourth-order valence-corrected chi connectivity index (χ4v) is 6.69. The van der Waals surface area contributed by atoms with Crippen molar-refractivity contribution in [3.8, 4) is 5.75 Å². The van der Waals surface area contributed by atoms with Crippen molar-refractivity contribution in [2.24, 2.45) is 0 Å². The lowest BCUT2D eigenvalue weighted by Crippen LogP contribution is -2.58. The molecule has 3 N–H and O–H groups in total. The van der Waals surface area contributed by atoms with Crippen molar-refractivity contribution in [3.05, 3.63) is 56.5 Å². The van der Waals surface area contributed by atoms with E-state index in [1.807, 2.05) is 6.07 Å². The van der Waals surface area contributed by atoms with E-state index < -0.39 is 33.9 Å². The Morgan fingerprint density at radius 3 is 2.56 bits per heavy atom. The Labute approximate surface area is 243 Å². The number of ether oxygens (including phenoxy) is 1. The number of piperazine rings is 1. The summed E-state index contributed by atoms with van der Waals surface area (Å²) in [5.41, 5.74) is 1.51. The van der Waals surface area contributed by atoms with Crippen LogP contribution in [0.3, 0.4) is 0 Å². The predicted octanol–water partition coefficient (Wildman–Crippen LogP) is 4.05. The molecule has 1 saturated heterocycles. The lowest BCUT2D eigenvalue weighted by molar-refractivity contribution is -0.132. The number of sulfonamides is 1. The largest absolute Gasteiger partial charge is 0.493 e. The second kappa shape index (κ2) is 11.8. The second-order valence-corrected chi connectivity index (χ2v) is 13.7. The minimum absolute atomic E-state index is 0.00730. The maximum atomic E-state index is 13.4. The van der Waals surface area contributed by atoms with Gasteiger partial charge in [-0.3, -0.25) is 9.59 Å². The molecule has 39 heavy (non-hydrogen) atoms. The van der Waals surface area contributed by atoms with Crippen LogP contribution in [0.2, 0.25) is 15.1 Å². The molecule has 2 aromatic rings. The van der Waals surface area contributed by atoms with E-state index in [0.717, 1.165) is 15.4 Å². The van der Waals surface area contributed by atoms with Crippen LogP contribution in [0.1, 0.15) is 50.8 Å². The van der Waals surface area contributed by atoms with Crippen LogP contribution in [0.15, 0.2) is 35.2 Å². The maximum Gasteiger partial charge on any atom is 0.243 e. The van der Waals surface area contributed by atoms with Crippen molar-refractivity contribution in [3.63, 3.8) is 0 Å². The highest BCUT2D eigenvalue weighted by molar-refractivity contribution is 7.89. The van der Waals surface area contributed by atoms with Crippen LogP contribution >= 0.6 is 34.8 Å². The maximum absolute atomic E-state index is 13.4. The number of halogens is 3. The van der Waals surface area contributed by atoms with E-state index in [1.165, 1.54) is 18.2 Å². The third kappa shape index (κ3) is 6.99. The fourth-order valence-electron chi connectivity index (χ4n) is 4.47. The third-order valence-corrected chi connectivity index (χ3v) is 9.52. The molecule has 13 heteroatoms. The van der Waals surface area contributed by atoms with Gasteiger partial charge in [-0.1, -0.05) is 34.8 Å². The van der Waals surface area contributed by atoms with Gasteiger partial charge in [0.1, 0.15) is 11.8 Å². The molecule has 1 fully saturated rings. The monoisotopic (exact) mass is 616 g/mol. The molecule has 0 unspecified atom stereocenters. The second-order valence-electron chi connectivity index (χ2n) is 10.5. The normalized spacial score (nSPS) is 20.1. The number of rotatable bonds is 7. The molecular formula is C26H31Cl3N4O5S. The summed E-state index contributed by atoms with van der Waals surface area (Å²) in [4.78, 5) is 25.8. The summed E-state index contributed by atoms with van der Waals surface area (Å²) in [5, 5.41) is 9.81. The fraction of sp³-hybridized carbons (Fsp3) is 0.462. The SMILES string of the molecule is CC(C)(C)NCc1cc2c(cc1Cl)[C@H](NC(=O)C[C@H]1C(=O)NCCN1S(=O)(=O)c1ccc(Cl)c(Cl)c1)CCO2. The van der Waals surface area contributed by atoms with E-state index in [4.69, 9.17) is 39.5 Å². The van der Waals surface area contributed by atoms with Crippen molar-refractivity contribution in [2.75, 3.05) is 19.7 Å². The van der Waals surface area contributed by atoms with Crippen LogP contribution in [0.4, 0.5) is 0 Å². The van der Waals surface area contributed by atoms with Crippen molar-refractivity contribution in [1.29, 1.82) is 0 Å². The first kappa shape index (κ1) is 29.9. The Morgan fingerprint density at radius 2 is 1.87 bits per heavy atom. The highest BCUT2D eigenvalue weighted by Crippen LogP contribution is 2.37. The summed E-state index contributed by atoms with van der Waals surface area (Å²) < 4.78 is 33.7. The molecule has 0 spiro atoms. The van der Waals surface area contributed by atoms with E-state index in [-0.39, 0.29) is 40.0 Å². The number of hydrogen-bond acceptors (Lipinski definition) is 6. The Morgan fingerprint density at radius 1 is 1.13 bits per heavy atom. The molecule has 9 nitrogen and oxygen atoms in total. The van der Waals surface area contributed by atoms with Gasteiger partial charge < -0.3 is 20.7 Å². The molecule has 0 aliphatic carbocycles. The number of carbonyl (C=O) groups excluding carboxylic acids is 2. The van der Waals surface area contributed by atoms with Crippen LogP contribution in [-0.4, -0.2) is 55.8 Å². The highest BCUT2D eigenvalue weighted by atomic mass is 35.5. The topological polar surface area (TPSA) is 117 Å². The average molecular weight is 618 g/mol. The molecule has 0 radical (unpaired) electrons.